The minimum atomic E-state index is 0.298. The van der Waals surface area contributed by atoms with E-state index in [1.165, 1.54) is 6.42 Å². The lowest BCUT2D eigenvalue weighted by Crippen LogP contribution is -2.39. The number of hydrogen-bond donors (Lipinski definition) is 0. The van der Waals surface area contributed by atoms with Crippen molar-refractivity contribution >= 4 is 0 Å². The number of aromatic nitrogens is 3. The monoisotopic (exact) mass is 314 g/mol. The highest BCUT2D eigenvalue weighted by molar-refractivity contribution is 5.06. The fraction of sp³-hybridized carbons (Fsp3) is 0.556. The number of pyridine rings is 1. The number of ether oxygens (including phenoxy) is 1. The largest absolute Gasteiger partial charge is 0.372 e. The first kappa shape index (κ1) is 16.1. The summed E-state index contributed by atoms with van der Waals surface area (Å²) >= 11 is 0. The molecule has 1 fully saturated rings. The molecule has 2 aromatic heterocycles. The van der Waals surface area contributed by atoms with Crippen LogP contribution >= 0.6 is 0 Å². The summed E-state index contributed by atoms with van der Waals surface area (Å²) in [6, 6.07) is 4.47. The standard InChI is InChI=1S/C18H26N4O/c1-15(2)22-10-8-20-18(22)13-21-9-4-6-17(12-21)23-14-16-5-3-7-19-11-16/h3,5,7-8,10-11,15,17H,4,6,9,12-14H2,1-2H3/t17-/m1/s1. The molecule has 0 unspecified atom stereocenters. The van der Waals surface area contributed by atoms with Gasteiger partial charge in [0.25, 0.3) is 0 Å². The molecule has 3 heterocycles. The molecule has 2 aromatic rings. The Kier molecular flexibility index (Phi) is 5.41. The van der Waals surface area contributed by atoms with Crippen LogP contribution in [-0.2, 0) is 17.9 Å². The summed E-state index contributed by atoms with van der Waals surface area (Å²) in [4.78, 5) is 11.1. The first-order valence-corrected chi connectivity index (χ1v) is 8.47. The zero-order valence-electron chi connectivity index (χ0n) is 14.1. The van der Waals surface area contributed by atoms with Crippen LogP contribution in [0.2, 0.25) is 0 Å². The van der Waals surface area contributed by atoms with Crippen LogP contribution in [-0.4, -0.2) is 38.6 Å². The lowest BCUT2D eigenvalue weighted by Gasteiger charge is -2.32. The van der Waals surface area contributed by atoms with Gasteiger partial charge in [0.2, 0.25) is 0 Å². The first-order chi connectivity index (χ1) is 11.2. The molecule has 0 spiro atoms. The summed E-state index contributed by atoms with van der Waals surface area (Å²) in [5, 5.41) is 0. The van der Waals surface area contributed by atoms with Gasteiger partial charge in [0, 0.05) is 37.4 Å². The Labute approximate surface area is 138 Å². The van der Waals surface area contributed by atoms with Gasteiger partial charge in [0.1, 0.15) is 5.82 Å². The number of rotatable bonds is 6. The average molecular weight is 314 g/mol. The first-order valence-electron chi connectivity index (χ1n) is 8.47. The molecule has 0 aliphatic carbocycles. The van der Waals surface area contributed by atoms with Gasteiger partial charge < -0.3 is 9.30 Å². The highest BCUT2D eigenvalue weighted by Crippen LogP contribution is 2.18. The molecule has 23 heavy (non-hydrogen) atoms. The summed E-state index contributed by atoms with van der Waals surface area (Å²) in [6.07, 6.45) is 10.3. The molecule has 0 radical (unpaired) electrons. The zero-order chi connectivity index (χ0) is 16.1. The third-order valence-corrected chi connectivity index (χ3v) is 4.34. The molecule has 1 atom stereocenters. The molecule has 0 saturated carbocycles. The molecule has 0 bridgehead atoms. The van der Waals surface area contributed by atoms with E-state index >= 15 is 0 Å². The molecular formula is C18H26N4O. The van der Waals surface area contributed by atoms with E-state index in [4.69, 9.17) is 4.74 Å². The lowest BCUT2D eigenvalue weighted by molar-refractivity contribution is -0.0129. The van der Waals surface area contributed by atoms with Crippen molar-refractivity contribution in [1.29, 1.82) is 0 Å². The van der Waals surface area contributed by atoms with E-state index in [9.17, 15) is 0 Å². The highest BCUT2D eigenvalue weighted by atomic mass is 16.5. The molecule has 5 heteroatoms. The number of piperidine rings is 1. The topological polar surface area (TPSA) is 43.2 Å². The maximum atomic E-state index is 6.09. The average Bonchev–Trinajstić information content (AvgIpc) is 3.03. The molecule has 0 aromatic carbocycles. The van der Waals surface area contributed by atoms with Gasteiger partial charge in [0.05, 0.1) is 19.3 Å². The maximum Gasteiger partial charge on any atom is 0.123 e. The third kappa shape index (κ3) is 4.39. The minimum Gasteiger partial charge on any atom is -0.372 e. The van der Waals surface area contributed by atoms with Gasteiger partial charge in [-0.15, -0.1) is 0 Å². The summed E-state index contributed by atoms with van der Waals surface area (Å²) in [5.41, 5.74) is 1.14. The molecule has 124 valence electrons. The van der Waals surface area contributed by atoms with Crippen molar-refractivity contribution in [2.24, 2.45) is 0 Å². The molecule has 3 rings (SSSR count). The molecule has 0 amide bonds. The van der Waals surface area contributed by atoms with E-state index in [1.54, 1.807) is 6.20 Å². The minimum absolute atomic E-state index is 0.298. The van der Waals surface area contributed by atoms with Crippen LogP contribution in [0.15, 0.2) is 36.9 Å². The van der Waals surface area contributed by atoms with Gasteiger partial charge in [-0.1, -0.05) is 6.07 Å². The van der Waals surface area contributed by atoms with Gasteiger partial charge in [-0.2, -0.15) is 0 Å². The Morgan fingerprint density at radius 1 is 1.35 bits per heavy atom. The van der Waals surface area contributed by atoms with E-state index in [0.29, 0.717) is 18.8 Å². The molecule has 0 N–H and O–H groups in total. The summed E-state index contributed by atoms with van der Waals surface area (Å²) in [6.45, 7) is 8.04. The van der Waals surface area contributed by atoms with Crippen molar-refractivity contribution in [3.8, 4) is 0 Å². The molecule has 5 nitrogen and oxygen atoms in total. The van der Waals surface area contributed by atoms with Crippen LogP contribution in [0.25, 0.3) is 0 Å². The van der Waals surface area contributed by atoms with Crippen molar-refractivity contribution in [2.45, 2.75) is 52.0 Å². The van der Waals surface area contributed by atoms with Crippen molar-refractivity contribution < 1.29 is 4.74 Å². The van der Waals surface area contributed by atoms with Crippen molar-refractivity contribution in [1.82, 2.24) is 19.4 Å². The van der Waals surface area contributed by atoms with Crippen LogP contribution in [0.1, 0.15) is 44.1 Å². The molecule has 1 saturated heterocycles. The van der Waals surface area contributed by atoms with E-state index < -0.39 is 0 Å². The Balaban J connectivity index is 1.53. The Bertz CT molecular complexity index is 596. The van der Waals surface area contributed by atoms with Crippen molar-refractivity contribution in [3.63, 3.8) is 0 Å². The van der Waals surface area contributed by atoms with Gasteiger partial charge in [-0.3, -0.25) is 9.88 Å². The van der Waals surface area contributed by atoms with E-state index in [0.717, 1.165) is 37.4 Å². The number of nitrogens with zero attached hydrogens (tertiary/aromatic N) is 4. The SMILES string of the molecule is CC(C)n1ccnc1CN1CCC[C@@H](OCc2cccnc2)C1. The normalized spacial score (nSPS) is 19.3. The summed E-state index contributed by atoms with van der Waals surface area (Å²) in [5.74, 6) is 1.15. The predicted octanol–water partition coefficient (Wildman–Crippen LogP) is 3.04. The van der Waals surface area contributed by atoms with Crippen LogP contribution in [0.4, 0.5) is 0 Å². The summed E-state index contributed by atoms with van der Waals surface area (Å²) < 4.78 is 8.34. The van der Waals surface area contributed by atoms with E-state index in [-0.39, 0.29) is 0 Å². The molecule has 1 aliphatic rings. The van der Waals surface area contributed by atoms with Crippen molar-refractivity contribution in [3.05, 3.63) is 48.3 Å². The second-order valence-electron chi connectivity index (χ2n) is 6.52. The van der Waals surface area contributed by atoms with Gasteiger partial charge >= 0.3 is 0 Å². The van der Waals surface area contributed by atoms with Gasteiger partial charge in [-0.05, 0) is 44.9 Å². The number of imidazole rings is 1. The molecular weight excluding hydrogens is 288 g/mol. The zero-order valence-corrected chi connectivity index (χ0v) is 14.1. The van der Waals surface area contributed by atoms with Crippen molar-refractivity contribution in [2.75, 3.05) is 13.1 Å². The smallest absolute Gasteiger partial charge is 0.123 e. The van der Waals surface area contributed by atoms with E-state index in [1.807, 2.05) is 18.5 Å². The number of hydrogen-bond acceptors (Lipinski definition) is 4. The quantitative estimate of drug-likeness (QED) is 0.822. The Morgan fingerprint density at radius 2 is 2.26 bits per heavy atom. The van der Waals surface area contributed by atoms with Crippen LogP contribution < -0.4 is 0 Å². The second kappa shape index (κ2) is 7.70. The Hall–Kier alpha value is -1.72. The molecule has 1 aliphatic heterocycles. The van der Waals surface area contributed by atoms with Crippen LogP contribution in [0.3, 0.4) is 0 Å². The van der Waals surface area contributed by atoms with Gasteiger partial charge in [0.15, 0.2) is 0 Å². The van der Waals surface area contributed by atoms with Gasteiger partial charge in [-0.25, -0.2) is 4.98 Å². The second-order valence-corrected chi connectivity index (χ2v) is 6.52. The van der Waals surface area contributed by atoms with Crippen LogP contribution in [0.5, 0.6) is 0 Å². The van der Waals surface area contributed by atoms with E-state index in [2.05, 4.69) is 45.5 Å². The van der Waals surface area contributed by atoms with Crippen LogP contribution in [0, 0.1) is 0 Å². The lowest BCUT2D eigenvalue weighted by atomic mass is 10.1. The Morgan fingerprint density at radius 3 is 3.04 bits per heavy atom. The highest BCUT2D eigenvalue weighted by Gasteiger charge is 2.22. The third-order valence-electron chi connectivity index (χ3n) is 4.34. The summed E-state index contributed by atoms with van der Waals surface area (Å²) in [7, 11) is 0. The number of likely N-dealkylation sites (tertiary alicyclic amines) is 1. The fourth-order valence-electron chi connectivity index (χ4n) is 3.13. The maximum absolute atomic E-state index is 6.09. The predicted molar refractivity (Wildman–Crippen MR) is 89.9 cm³/mol. The fourth-order valence-corrected chi connectivity index (χ4v) is 3.13.